The summed E-state index contributed by atoms with van der Waals surface area (Å²) in [6, 6.07) is 49.8. The molecule has 0 aliphatic carbocycles. The summed E-state index contributed by atoms with van der Waals surface area (Å²) < 4.78 is 65.8. The minimum atomic E-state index is -4.80. The predicted molar refractivity (Wildman–Crippen MR) is 235 cm³/mol. The van der Waals surface area contributed by atoms with Crippen molar-refractivity contribution >= 4 is 78.9 Å². The molecule has 2 aromatic heterocycles. The van der Waals surface area contributed by atoms with E-state index in [-0.39, 0.29) is 29.4 Å². The fourth-order valence-corrected chi connectivity index (χ4v) is 7.83. The van der Waals surface area contributed by atoms with Crippen LogP contribution in [0.1, 0.15) is 11.1 Å². The predicted octanol–water partition coefficient (Wildman–Crippen LogP) is 8.63. The normalized spacial score (nSPS) is 11.5. The van der Waals surface area contributed by atoms with Crippen LogP contribution in [0.25, 0.3) is 12.2 Å². The standard InChI is InChI=1S/C44H34N10O6S2/c55-61(56,59-51-41-45-31-47-43(49-41)53(35-18-8-2-9-19-35)36-20-10-3-11-21-36)39-29-28-34(27-26-33-16-6-1-7-17-33)40(30-39)62(57,58)60-52-42-46-32-48-44(50-42)54(37-22-12-4-13-23-37)38-24-14-5-15-25-38/h1-32H,(H,45,47,49,51)(H,46,48,50,52). The highest BCUT2D eigenvalue weighted by Gasteiger charge is 2.26. The van der Waals surface area contributed by atoms with Crippen LogP contribution < -0.4 is 20.8 Å². The summed E-state index contributed by atoms with van der Waals surface area (Å²) in [7, 11) is -9.53. The van der Waals surface area contributed by atoms with Gasteiger partial charge in [0.2, 0.25) is 11.9 Å². The average Bonchev–Trinajstić information content (AvgIpc) is 3.32. The third kappa shape index (κ3) is 9.75. The van der Waals surface area contributed by atoms with Crippen LogP contribution in [0.3, 0.4) is 0 Å². The molecule has 0 saturated carbocycles. The van der Waals surface area contributed by atoms with E-state index in [4.69, 9.17) is 8.57 Å². The van der Waals surface area contributed by atoms with Gasteiger partial charge >= 0.3 is 20.2 Å². The number of anilines is 8. The molecule has 8 aromatic rings. The summed E-state index contributed by atoms with van der Waals surface area (Å²) in [5, 5.41) is 0. The van der Waals surface area contributed by atoms with Crippen molar-refractivity contribution in [3.05, 3.63) is 194 Å². The van der Waals surface area contributed by atoms with Crippen molar-refractivity contribution in [1.82, 2.24) is 29.9 Å². The lowest BCUT2D eigenvalue weighted by atomic mass is 10.1. The van der Waals surface area contributed by atoms with Crippen LogP contribution in [0, 0.1) is 0 Å². The molecule has 308 valence electrons. The number of aromatic nitrogens is 6. The lowest BCUT2D eigenvalue weighted by Gasteiger charge is -2.23. The van der Waals surface area contributed by atoms with Gasteiger partial charge in [-0.05, 0) is 71.8 Å². The minimum Gasteiger partial charge on any atom is -0.279 e. The number of hydrogen-bond acceptors (Lipinski definition) is 16. The van der Waals surface area contributed by atoms with Crippen molar-refractivity contribution in [2.75, 3.05) is 20.8 Å². The summed E-state index contributed by atoms with van der Waals surface area (Å²) in [5.41, 5.74) is 8.35. The number of nitrogens with zero attached hydrogens (tertiary/aromatic N) is 8. The van der Waals surface area contributed by atoms with E-state index in [1.807, 2.05) is 152 Å². The first-order valence-electron chi connectivity index (χ1n) is 18.7. The lowest BCUT2D eigenvalue weighted by molar-refractivity contribution is 0.384. The molecule has 0 fully saturated rings. The van der Waals surface area contributed by atoms with Gasteiger partial charge in [0.15, 0.2) is 0 Å². The van der Waals surface area contributed by atoms with Crippen LogP contribution >= 0.6 is 0 Å². The molecule has 62 heavy (non-hydrogen) atoms. The van der Waals surface area contributed by atoms with Crippen LogP contribution in [-0.2, 0) is 28.8 Å². The van der Waals surface area contributed by atoms with E-state index in [1.165, 1.54) is 30.9 Å². The smallest absolute Gasteiger partial charge is 0.279 e. The second-order valence-electron chi connectivity index (χ2n) is 13.0. The second kappa shape index (κ2) is 18.6. The van der Waals surface area contributed by atoms with E-state index < -0.39 is 30.0 Å². The molecule has 0 aliphatic heterocycles. The van der Waals surface area contributed by atoms with Crippen LogP contribution in [0.4, 0.5) is 46.5 Å². The number of benzene rings is 6. The third-order valence-electron chi connectivity index (χ3n) is 8.86. The van der Waals surface area contributed by atoms with E-state index in [1.54, 1.807) is 15.9 Å². The highest BCUT2D eigenvalue weighted by molar-refractivity contribution is 7.87. The molecular weight excluding hydrogens is 829 g/mol. The summed E-state index contributed by atoms with van der Waals surface area (Å²) in [5.74, 6) is -0.175. The summed E-state index contributed by atoms with van der Waals surface area (Å²) >= 11 is 0. The largest absolute Gasteiger partial charge is 0.318 e. The maximum Gasteiger partial charge on any atom is 0.318 e. The van der Waals surface area contributed by atoms with E-state index in [0.29, 0.717) is 0 Å². The summed E-state index contributed by atoms with van der Waals surface area (Å²) in [6.45, 7) is 0. The fraction of sp³-hybridized carbons (Fsp3) is 0. The molecule has 0 spiro atoms. The molecular formula is C44H34N10O6S2. The molecule has 0 saturated heterocycles. The molecule has 18 heteroatoms. The van der Waals surface area contributed by atoms with Crippen molar-refractivity contribution in [1.29, 1.82) is 0 Å². The Morgan fingerprint density at radius 3 is 1.29 bits per heavy atom. The van der Waals surface area contributed by atoms with Gasteiger partial charge in [-0.2, -0.15) is 36.8 Å². The van der Waals surface area contributed by atoms with Crippen LogP contribution in [0.15, 0.2) is 192 Å². The Morgan fingerprint density at radius 1 is 0.452 bits per heavy atom. The van der Waals surface area contributed by atoms with Gasteiger partial charge in [-0.25, -0.2) is 20.9 Å². The second-order valence-corrected chi connectivity index (χ2v) is 16.0. The number of para-hydroxylation sites is 4. The number of hydrogen-bond donors (Lipinski definition) is 2. The number of rotatable bonds is 16. The maximum absolute atomic E-state index is 14.0. The van der Waals surface area contributed by atoms with E-state index in [0.717, 1.165) is 34.4 Å². The highest BCUT2D eigenvalue weighted by Crippen LogP contribution is 2.33. The lowest BCUT2D eigenvalue weighted by Crippen LogP contribution is -2.19. The Bertz CT molecular complexity index is 2940. The Labute approximate surface area is 357 Å². The fourth-order valence-electron chi connectivity index (χ4n) is 6.01. The molecule has 2 N–H and O–H groups in total. The third-order valence-corrected chi connectivity index (χ3v) is 11.2. The van der Waals surface area contributed by atoms with Gasteiger partial charge in [0.05, 0.1) is 4.90 Å². The molecule has 8 rings (SSSR count). The molecule has 0 aliphatic rings. The minimum absolute atomic E-state index is 0.0993. The van der Waals surface area contributed by atoms with Gasteiger partial charge in [0, 0.05) is 22.7 Å². The maximum atomic E-state index is 14.0. The van der Waals surface area contributed by atoms with Crippen LogP contribution in [0.5, 0.6) is 0 Å². The average molecular weight is 863 g/mol. The van der Waals surface area contributed by atoms with Gasteiger partial charge in [0.1, 0.15) is 17.6 Å². The Morgan fingerprint density at radius 2 is 0.855 bits per heavy atom. The molecule has 0 amide bonds. The molecule has 0 unspecified atom stereocenters. The first-order valence-corrected chi connectivity index (χ1v) is 21.5. The monoisotopic (exact) mass is 862 g/mol. The quantitative estimate of drug-likeness (QED) is 0.0691. The summed E-state index contributed by atoms with van der Waals surface area (Å²) in [4.78, 5) is 28.0. The zero-order valence-electron chi connectivity index (χ0n) is 32.3. The van der Waals surface area contributed by atoms with Crippen molar-refractivity contribution in [3.63, 3.8) is 0 Å². The van der Waals surface area contributed by atoms with Crippen molar-refractivity contribution in [2.45, 2.75) is 9.79 Å². The molecule has 0 atom stereocenters. The van der Waals surface area contributed by atoms with E-state index in [9.17, 15) is 16.8 Å². The van der Waals surface area contributed by atoms with Crippen LogP contribution in [-0.4, -0.2) is 46.7 Å². The first-order chi connectivity index (χ1) is 30.2. The van der Waals surface area contributed by atoms with Crippen LogP contribution in [0.2, 0.25) is 0 Å². The highest BCUT2D eigenvalue weighted by atomic mass is 32.2. The number of nitrogens with one attached hydrogen (secondary N) is 2. The Kier molecular flexibility index (Phi) is 12.2. The summed E-state index contributed by atoms with van der Waals surface area (Å²) in [6.07, 6.45) is 5.57. The zero-order chi connectivity index (χ0) is 42.8. The van der Waals surface area contributed by atoms with E-state index in [2.05, 4.69) is 40.9 Å². The van der Waals surface area contributed by atoms with Gasteiger partial charge < -0.3 is 0 Å². The molecule has 16 nitrogen and oxygen atoms in total. The Hall–Kier alpha value is -7.90. The SMILES string of the molecule is O=S(=O)(ONc1ncnc(N(c2ccccc2)c2ccccc2)n1)c1ccc(C=Cc2ccccc2)c(S(=O)(=O)ONc2ncnc(N(c3ccccc3)c3ccccc3)n2)c1. The van der Waals surface area contributed by atoms with Gasteiger partial charge in [-0.15, -0.1) is 8.57 Å². The molecule has 0 bridgehead atoms. The molecule has 2 heterocycles. The van der Waals surface area contributed by atoms with Gasteiger partial charge in [0.25, 0.3) is 11.9 Å². The van der Waals surface area contributed by atoms with E-state index >= 15 is 0 Å². The van der Waals surface area contributed by atoms with Crippen molar-refractivity contribution in [2.24, 2.45) is 0 Å². The molecule has 0 radical (unpaired) electrons. The molecule has 6 aromatic carbocycles. The first kappa shape index (κ1) is 40.9. The van der Waals surface area contributed by atoms with Gasteiger partial charge in [-0.3, -0.25) is 9.80 Å². The van der Waals surface area contributed by atoms with Crippen molar-refractivity contribution in [3.8, 4) is 0 Å². The van der Waals surface area contributed by atoms with Gasteiger partial charge in [-0.1, -0.05) is 121 Å². The van der Waals surface area contributed by atoms with Crippen molar-refractivity contribution < 1.29 is 25.4 Å². The topological polar surface area (TPSA) is 195 Å². The Balaban J connectivity index is 1.06. The zero-order valence-corrected chi connectivity index (χ0v) is 34.0.